The SMILES string of the molecule is COc1ccc(-c2noc(-c3ccc(NC(=O)c4cccs4)cc3)n2)cc1. The van der Waals surface area contributed by atoms with Gasteiger partial charge in [-0.15, -0.1) is 11.3 Å². The molecule has 0 aliphatic carbocycles. The predicted molar refractivity (Wildman–Crippen MR) is 104 cm³/mol. The Morgan fingerprint density at radius 2 is 1.78 bits per heavy atom. The third kappa shape index (κ3) is 3.73. The third-order valence-electron chi connectivity index (χ3n) is 3.91. The lowest BCUT2D eigenvalue weighted by atomic mass is 10.2. The number of hydrogen-bond acceptors (Lipinski definition) is 6. The van der Waals surface area contributed by atoms with E-state index in [1.54, 1.807) is 25.3 Å². The minimum absolute atomic E-state index is 0.127. The van der Waals surface area contributed by atoms with Gasteiger partial charge in [0.05, 0.1) is 12.0 Å². The molecule has 0 spiro atoms. The number of benzene rings is 2. The summed E-state index contributed by atoms with van der Waals surface area (Å²) in [6, 6.07) is 18.3. The molecular weight excluding hydrogens is 362 g/mol. The van der Waals surface area contributed by atoms with Crippen molar-refractivity contribution in [1.29, 1.82) is 0 Å². The summed E-state index contributed by atoms with van der Waals surface area (Å²) in [5.41, 5.74) is 2.31. The van der Waals surface area contributed by atoms with Gasteiger partial charge >= 0.3 is 0 Å². The molecule has 7 heteroatoms. The first-order valence-corrected chi connectivity index (χ1v) is 9.04. The van der Waals surface area contributed by atoms with Gasteiger partial charge in [-0.05, 0) is 60.0 Å². The van der Waals surface area contributed by atoms with Crippen LogP contribution in [0.3, 0.4) is 0 Å². The lowest BCUT2D eigenvalue weighted by Gasteiger charge is -2.03. The second-order valence-electron chi connectivity index (χ2n) is 5.66. The maximum absolute atomic E-state index is 12.1. The van der Waals surface area contributed by atoms with Gasteiger partial charge in [-0.2, -0.15) is 4.98 Å². The summed E-state index contributed by atoms with van der Waals surface area (Å²) >= 11 is 1.40. The summed E-state index contributed by atoms with van der Waals surface area (Å²) in [7, 11) is 1.62. The zero-order chi connectivity index (χ0) is 18.6. The molecule has 27 heavy (non-hydrogen) atoms. The monoisotopic (exact) mass is 377 g/mol. The van der Waals surface area contributed by atoms with Gasteiger partial charge in [0, 0.05) is 16.8 Å². The van der Waals surface area contributed by atoms with Gasteiger partial charge in [-0.25, -0.2) is 0 Å². The molecule has 0 atom stereocenters. The number of nitrogens with zero attached hydrogens (tertiary/aromatic N) is 2. The summed E-state index contributed by atoms with van der Waals surface area (Å²) in [6.45, 7) is 0. The van der Waals surface area contributed by atoms with Crippen LogP contribution in [-0.2, 0) is 0 Å². The topological polar surface area (TPSA) is 77.3 Å². The summed E-state index contributed by atoms with van der Waals surface area (Å²) in [5.74, 6) is 1.56. The molecule has 0 saturated heterocycles. The molecule has 2 aromatic carbocycles. The molecule has 0 aliphatic heterocycles. The van der Waals surface area contributed by atoms with E-state index in [9.17, 15) is 4.79 Å². The molecule has 2 heterocycles. The summed E-state index contributed by atoms with van der Waals surface area (Å²) in [5, 5.41) is 8.75. The molecule has 1 amide bonds. The molecule has 0 radical (unpaired) electrons. The van der Waals surface area contributed by atoms with Crippen molar-refractivity contribution < 1.29 is 14.1 Å². The van der Waals surface area contributed by atoms with E-state index in [2.05, 4.69) is 15.5 Å². The maximum atomic E-state index is 12.1. The predicted octanol–water partition coefficient (Wildman–Crippen LogP) is 4.73. The van der Waals surface area contributed by atoms with Gasteiger partial charge in [0.15, 0.2) is 0 Å². The molecule has 1 N–H and O–H groups in total. The van der Waals surface area contributed by atoms with Gasteiger partial charge in [-0.1, -0.05) is 11.2 Å². The molecule has 0 bridgehead atoms. The van der Waals surface area contributed by atoms with Gasteiger partial charge in [0.2, 0.25) is 5.82 Å². The fourth-order valence-electron chi connectivity index (χ4n) is 2.49. The van der Waals surface area contributed by atoms with Crippen molar-refractivity contribution in [2.45, 2.75) is 0 Å². The van der Waals surface area contributed by atoms with Crippen LogP contribution < -0.4 is 10.1 Å². The van der Waals surface area contributed by atoms with Crippen LogP contribution in [0.25, 0.3) is 22.8 Å². The van der Waals surface area contributed by atoms with Gasteiger partial charge in [0.1, 0.15) is 5.75 Å². The van der Waals surface area contributed by atoms with Crippen LogP contribution in [0, 0.1) is 0 Å². The highest BCUT2D eigenvalue weighted by Gasteiger charge is 2.12. The zero-order valence-electron chi connectivity index (χ0n) is 14.4. The van der Waals surface area contributed by atoms with E-state index in [-0.39, 0.29) is 5.91 Å². The number of aromatic nitrogens is 2. The number of hydrogen-bond donors (Lipinski definition) is 1. The van der Waals surface area contributed by atoms with E-state index in [1.807, 2.05) is 47.8 Å². The Hall–Kier alpha value is -3.45. The van der Waals surface area contributed by atoms with E-state index in [4.69, 9.17) is 9.26 Å². The molecule has 0 aliphatic rings. The Balaban J connectivity index is 1.49. The van der Waals surface area contributed by atoms with E-state index in [0.717, 1.165) is 16.9 Å². The Morgan fingerprint density at radius 3 is 2.44 bits per heavy atom. The molecule has 4 aromatic rings. The van der Waals surface area contributed by atoms with Crippen molar-refractivity contribution in [3.05, 3.63) is 70.9 Å². The number of methoxy groups -OCH3 is 1. The Morgan fingerprint density at radius 1 is 1.04 bits per heavy atom. The fourth-order valence-corrected chi connectivity index (χ4v) is 3.11. The number of amides is 1. The average Bonchev–Trinajstić information content (AvgIpc) is 3.41. The number of thiophene rings is 1. The van der Waals surface area contributed by atoms with Crippen LogP contribution in [0.1, 0.15) is 9.67 Å². The van der Waals surface area contributed by atoms with Crippen LogP contribution in [-0.4, -0.2) is 23.2 Å². The van der Waals surface area contributed by atoms with E-state index in [1.165, 1.54) is 11.3 Å². The Labute approximate surface area is 159 Å². The highest BCUT2D eigenvalue weighted by Crippen LogP contribution is 2.25. The lowest BCUT2D eigenvalue weighted by molar-refractivity contribution is 0.103. The standard InChI is InChI=1S/C20H15N3O3S/c1-25-16-10-6-13(7-11-16)18-22-20(26-23-18)14-4-8-15(9-5-14)21-19(24)17-3-2-12-27-17/h2-12H,1H3,(H,21,24). The second-order valence-corrected chi connectivity index (χ2v) is 6.61. The zero-order valence-corrected chi connectivity index (χ0v) is 15.2. The molecule has 0 saturated carbocycles. The molecule has 2 aromatic heterocycles. The number of ether oxygens (including phenoxy) is 1. The number of carbonyl (C=O) groups is 1. The van der Waals surface area contributed by atoms with Crippen molar-refractivity contribution in [3.63, 3.8) is 0 Å². The Bertz CT molecular complexity index is 1040. The second kappa shape index (κ2) is 7.43. The Kier molecular flexibility index (Phi) is 4.67. The number of nitrogens with one attached hydrogen (secondary N) is 1. The first kappa shape index (κ1) is 17.0. The molecule has 134 valence electrons. The average molecular weight is 377 g/mol. The van der Waals surface area contributed by atoms with Gasteiger partial charge in [0.25, 0.3) is 11.8 Å². The summed E-state index contributed by atoms with van der Waals surface area (Å²) in [4.78, 5) is 17.2. The van der Waals surface area contributed by atoms with Crippen molar-refractivity contribution in [2.75, 3.05) is 12.4 Å². The fraction of sp³-hybridized carbons (Fsp3) is 0.0500. The number of rotatable bonds is 5. The summed E-state index contributed by atoms with van der Waals surface area (Å²) in [6.07, 6.45) is 0. The van der Waals surface area contributed by atoms with Gasteiger partial charge in [-0.3, -0.25) is 4.79 Å². The van der Waals surface area contributed by atoms with E-state index in [0.29, 0.717) is 22.3 Å². The van der Waals surface area contributed by atoms with Gasteiger partial charge < -0.3 is 14.6 Å². The van der Waals surface area contributed by atoms with Crippen LogP contribution in [0.5, 0.6) is 5.75 Å². The largest absolute Gasteiger partial charge is 0.497 e. The first-order valence-electron chi connectivity index (χ1n) is 8.16. The van der Waals surface area contributed by atoms with E-state index >= 15 is 0 Å². The minimum Gasteiger partial charge on any atom is -0.497 e. The molecule has 4 rings (SSSR count). The number of carbonyl (C=O) groups excluding carboxylic acids is 1. The van der Waals surface area contributed by atoms with Crippen molar-refractivity contribution in [2.24, 2.45) is 0 Å². The van der Waals surface area contributed by atoms with Crippen LogP contribution in [0.2, 0.25) is 0 Å². The molecule has 6 nitrogen and oxygen atoms in total. The normalized spacial score (nSPS) is 10.6. The van der Waals surface area contributed by atoms with Crippen molar-refractivity contribution in [3.8, 4) is 28.6 Å². The molecular formula is C20H15N3O3S. The van der Waals surface area contributed by atoms with Crippen LogP contribution >= 0.6 is 11.3 Å². The molecule has 0 unspecified atom stereocenters. The van der Waals surface area contributed by atoms with E-state index < -0.39 is 0 Å². The van der Waals surface area contributed by atoms with Crippen molar-refractivity contribution >= 4 is 22.9 Å². The van der Waals surface area contributed by atoms with Crippen LogP contribution in [0.4, 0.5) is 5.69 Å². The lowest BCUT2D eigenvalue weighted by Crippen LogP contribution is -2.09. The first-order chi connectivity index (χ1) is 13.2. The highest BCUT2D eigenvalue weighted by molar-refractivity contribution is 7.12. The highest BCUT2D eigenvalue weighted by atomic mass is 32.1. The van der Waals surface area contributed by atoms with Crippen LogP contribution in [0.15, 0.2) is 70.6 Å². The quantitative estimate of drug-likeness (QED) is 0.544. The number of anilines is 1. The molecule has 0 fully saturated rings. The smallest absolute Gasteiger partial charge is 0.265 e. The third-order valence-corrected chi connectivity index (χ3v) is 4.78. The summed E-state index contributed by atoms with van der Waals surface area (Å²) < 4.78 is 10.5. The van der Waals surface area contributed by atoms with Crippen molar-refractivity contribution in [1.82, 2.24) is 10.1 Å². The maximum Gasteiger partial charge on any atom is 0.265 e. The minimum atomic E-state index is -0.127.